The summed E-state index contributed by atoms with van der Waals surface area (Å²) >= 11 is 0. The fraction of sp³-hybridized carbons (Fsp3) is 0.750. The van der Waals surface area contributed by atoms with Crippen LogP contribution >= 0.6 is 0 Å². The molecule has 0 amide bonds. The van der Waals surface area contributed by atoms with Crippen LogP contribution in [0.15, 0.2) is 6.20 Å². The number of hydrogen-bond donors (Lipinski definition) is 1. The Morgan fingerprint density at radius 1 is 1.47 bits per heavy atom. The van der Waals surface area contributed by atoms with Crippen molar-refractivity contribution < 1.29 is 4.74 Å². The Morgan fingerprint density at radius 3 is 2.53 bits per heavy atom. The number of nitrogens with zero attached hydrogens (tertiary/aromatic N) is 3. The number of rotatable bonds is 6. The van der Waals surface area contributed by atoms with E-state index < -0.39 is 0 Å². The Hall–Kier alpha value is -1.07. The third kappa shape index (κ3) is 3.20. The number of ether oxygens (including phenoxy) is 1. The van der Waals surface area contributed by atoms with Crippen molar-refractivity contribution in [2.45, 2.75) is 25.9 Å². The maximum atomic E-state index is 5.40. The average molecular weight is 240 g/mol. The predicted molar refractivity (Wildman–Crippen MR) is 69.5 cm³/mol. The molecule has 1 unspecified atom stereocenters. The lowest BCUT2D eigenvalue weighted by molar-refractivity contribution is 0.324. The van der Waals surface area contributed by atoms with Crippen LogP contribution in [0.1, 0.15) is 31.6 Å². The molecule has 0 fully saturated rings. The molecule has 0 spiro atoms. The highest BCUT2D eigenvalue weighted by Crippen LogP contribution is 2.27. The van der Waals surface area contributed by atoms with Crippen LogP contribution < -0.4 is 10.1 Å². The molecule has 0 bridgehead atoms. The van der Waals surface area contributed by atoms with Crippen LogP contribution in [0.3, 0.4) is 0 Å². The molecule has 1 aromatic heterocycles. The first-order valence-electron chi connectivity index (χ1n) is 5.94. The van der Waals surface area contributed by atoms with E-state index in [1.165, 1.54) is 0 Å². The molecule has 0 aliphatic heterocycles. The summed E-state index contributed by atoms with van der Waals surface area (Å²) in [7, 11) is 7.78. The van der Waals surface area contributed by atoms with Gasteiger partial charge in [0.25, 0.3) is 0 Å². The maximum Gasteiger partial charge on any atom is 0.161 e. The van der Waals surface area contributed by atoms with E-state index in [-0.39, 0.29) is 6.04 Å². The van der Waals surface area contributed by atoms with Crippen LogP contribution in [0.4, 0.5) is 0 Å². The van der Waals surface area contributed by atoms with E-state index in [1.807, 2.05) is 11.7 Å². The van der Waals surface area contributed by atoms with Gasteiger partial charge in [-0.1, -0.05) is 0 Å². The summed E-state index contributed by atoms with van der Waals surface area (Å²) in [6.45, 7) is 5.15. The predicted octanol–water partition coefficient (Wildman–Crippen LogP) is 1.29. The van der Waals surface area contributed by atoms with E-state index in [0.29, 0.717) is 6.04 Å². The molecule has 0 aliphatic rings. The van der Waals surface area contributed by atoms with Gasteiger partial charge in [0.2, 0.25) is 0 Å². The molecule has 1 rings (SSSR count). The summed E-state index contributed by atoms with van der Waals surface area (Å²) in [6, 6.07) is 0.539. The molecule has 5 nitrogen and oxygen atoms in total. The largest absolute Gasteiger partial charge is 0.493 e. The summed E-state index contributed by atoms with van der Waals surface area (Å²) < 4.78 is 7.42. The molecule has 0 radical (unpaired) electrons. The molecule has 17 heavy (non-hydrogen) atoms. The molecule has 1 atom stereocenters. The minimum absolute atomic E-state index is 0.213. The normalized spacial score (nSPS) is 13.4. The lowest BCUT2D eigenvalue weighted by Crippen LogP contribution is -2.31. The first kappa shape index (κ1) is 14.0. The quantitative estimate of drug-likeness (QED) is 0.814. The van der Waals surface area contributed by atoms with Crippen LogP contribution in [0.5, 0.6) is 5.75 Å². The van der Waals surface area contributed by atoms with Crippen LogP contribution in [0, 0.1) is 0 Å². The second kappa shape index (κ2) is 6.02. The fourth-order valence-corrected chi connectivity index (χ4v) is 1.94. The van der Waals surface area contributed by atoms with Crippen molar-refractivity contribution in [3.8, 4) is 5.75 Å². The van der Waals surface area contributed by atoms with Gasteiger partial charge in [-0.2, -0.15) is 5.10 Å². The molecule has 5 heteroatoms. The van der Waals surface area contributed by atoms with Gasteiger partial charge in [-0.05, 0) is 35.0 Å². The molecule has 0 saturated heterocycles. The standard InChI is InChI=1S/C12H24N4O/c1-9(2)16-12(11(17-6)7-14-16)10(13-3)8-15(4)5/h7,9-10,13H,8H2,1-6H3. The second-order valence-corrected chi connectivity index (χ2v) is 4.74. The third-order valence-corrected chi connectivity index (χ3v) is 2.73. The lowest BCUT2D eigenvalue weighted by atomic mass is 10.1. The highest BCUT2D eigenvalue weighted by atomic mass is 16.5. The molecular weight excluding hydrogens is 216 g/mol. The Bertz CT molecular complexity index is 346. The summed E-state index contributed by atoms with van der Waals surface area (Å²) in [6.07, 6.45) is 1.79. The van der Waals surface area contributed by atoms with E-state index in [1.54, 1.807) is 13.3 Å². The van der Waals surface area contributed by atoms with Gasteiger partial charge >= 0.3 is 0 Å². The second-order valence-electron chi connectivity index (χ2n) is 4.74. The zero-order valence-electron chi connectivity index (χ0n) is 11.7. The zero-order valence-corrected chi connectivity index (χ0v) is 11.7. The molecule has 0 saturated carbocycles. The highest BCUT2D eigenvalue weighted by molar-refractivity contribution is 5.29. The van der Waals surface area contributed by atoms with Gasteiger partial charge in [-0.15, -0.1) is 0 Å². The average Bonchev–Trinajstić information content (AvgIpc) is 2.69. The van der Waals surface area contributed by atoms with Crippen molar-refractivity contribution >= 4 is 0 Å². The van der Waals surface area contributed by atoms with Crippen molar-refractivity contribution in [1.29, 1.82) is 0 Å². The number of hydrogen-bond acceptors (Lipinski definition) is 4. The minimum Gasteiger partial charge on any atom is -0.493 e. The molecular formula is C12H24N4O. The molecule has 1 heterocycles. The summed E-state index contributed by atoms with van der Waals surface area (Å²) in [4.78, 5) is 2.15. The van der Waals surface area contributed by atoms with Gasteiger partial charge in [0.05, 0.1) is 25.0 Å². The van der Waals surface area contributed by atoms with Gasteiger partial charge < -0.3 is 15.0 Å². The minimum atomic E-state index is 0.213. The summed E-state index contributed by atoms with van der Waals surface area (Å²) in [5.41, 5.74) is 1.11. The number of likely N-dealkylation sites (N-methyl/N-ethyl adjacent to an activating group) is 2. The fourth-order valence-electron chi connectivity index (χ4n) is 1.94. The third-order valence-electron chi connectivity index (χ3n) is 2.73. The van der Waals surface area contributed by atoms with Crippen molar-refractivity contribution in [2.24, 2.45) is 0 Å². The highest BCUT2D eigenvalue weighted by Gasteiger charge is 2.22. The van der Waals surface area contributed by atoms with Gasteiger partial charge in [-0.25, -0.2) is 0 Å². The van der Waals surface area contributed by atoms with E-state index in [2.05, 4.69) is 43.3 Å². The van der Waals surface area contributed by atoms with Crippen molar-refractivity contribution in [3.63, 3.8) is 0 Å². The zero-order chi connectivity index (χ0) is 13.0. The van der Waals surface area contributed by atoms with Crippen LogP contribution in [-0.2, 0) is 0 Å². The van der Waals surface area contributed by atoms with Crippen molar-refractivity contribution in [1.82, 2.24) is 20.0 Å². The van der Waals surface area contributed by atoms with Crippen LogP contribution in [-0.4, -0.2) is 49.5 Å². The van der Waals surface area contributed by atoms with E-state index in [0.717, 1.165) is 18.0 Å². The number of methoxy groups -OCH3 is 1. The molecule has 0 aromatic carbocycles. The first-order valence-corrected chi connectivity index (χ1v) is 5.94. The molecule has 1 aromatic rings. The molecule has 1 N–H and O–H groups in total. The summed E-state index contributed by atoms with van der Waals surface area (Å²) in [5.74, 6) is 0.847. The Kier molecular flexibility index (Phi) is 4.96. The van der Waals surface area contributed by atoms with Gasteiger partial charge in [0.1, 0.15) is 0 Å². The topological polar surface area (TPSA) is 42.3 Å². The first-order chi connectivity index (χ1) is 8.01. The van der Waals surface area contributed by atoms with Crippen molar-refractivity contribution in [2.75, 3.05) is 34.8 Å². The Labute approximate surface area is 104 Å². The van der Waals surface area contributed by atoms with E-state index >= 15 is 0 Å². The monoisotopic (exact) mass is 240 g/mol. The smallest absolute Gasteiger partial charge is 0.161 e. The van der Waals surface area contributed by atoms with Gasteiger partial charge in [0, 0.05) is 12.6 Å². The van der Waals surface area contributed by atoms with E-state index in [9.17, 15) is 0 Å². The maximum absolute atomic E-state index is 5.40. The van der Waals surface area contributed by atoms with Crippen LogP contribution in [0.25, 0.3) is 0 Å². The number of nitrogens with one attached hydrogen (secondary N) is 1. The molecule has 98 valence electrons. The Balaban J connectivity index is 3.10. The van der Waals surface area contributed by atoms with Crippen LogP contribution in [0.2, 0.25) is 0 Å². The number of aromatic nitrogens is 2. The molecule has 0 aliphatic carbocycles. The Morgan fingerprint density at radius 2 is 2.12 bits per heavy atom. The van der Waals surface area contributed by atoms with Crippen molar-refractivity contribution in [3.05, 3.63) is 11.9 Å². The summed E-state index contributed by atoms with van der Waals surface area (Å²) in [5, 5.41) is 7.72. The van der Waals surface area contributed by atoms with Gasteiger partial charge in [-0.3, -0.25) is 4.68 Å². The lowest BCUT2D eigenvalue weighted by Gasteiger charge is -2.23. The van der Waals surface area contributed by atoms with Gasteiger partial charge in [0.15, 0.2) is 5.75 Å². The van der Waals surface area contributed by atoms with E-state index in [4.69, 9.17) is 4.74 Å². The SMILES string of the molecule is CNC(CN(C)C)c1c(OC)cnn1C(C)C.